The maximum Gasteiger partial charge on any atom is 0.251 e. The number of aromatic nitrogens is 2. The van der Waals surface area contributed by atoms with Crippen molar-refractivity contribution in [2.75, 3.05) is 0 Å². The first-order chi connectivity index (χ1) is 16.5. The molecule has 0 radical (unpaired) electrons. The Bertz CT molecular complexity index is 1130. The van der Waals surface area contributed by atoms with Crippen LogP contribution >= 0.6 is 0 Å². The number of aryl methyl sites for hydroxylation is 1. The molecule has 2 aliphatic rings. The molecule has 0 unspecified atom stereocenters. The van der Waals surface area contributed by atoms with E-state index in [1.165, 1.54) is 18.4 Å². The van der Waals surface area contributed by atoms with Crippen molar-refractivity contribution in [2.24, 2.45) is 0 Å². The summed E-state index contributed by atoms with van der Waals surface area (Å²) >= 11 is 0. The molecule has 1 aromatic heterocycles. The molecule has 1 amide bonds. The van der Waals surface area contributed by atoms with Gasteiger partial charge in [0.1, 0.15) is 5.82 Å². The van der Waals surface area contributed by atoms with Gasteiger partial charge in [0, 0.05) is 35.0 Å². The van der Waals surface area contributed by atoms with Crippen LogP contribution in [0.15, 0.2) is 60.7 Å². The minimum absolute atomic E-state index is 0.0710. The molecule has 6 heteroatoms. The zero-order valence-corrected chi connectivity index (χ0v) is 19.6. The van der Waals surface area contributed by atoms with Gasteiger partial charge in [-0.15, -0.1) is 0 Å². The van der Waals surface area contributed by atoms with Crippen LogP contribution in [0, 0.1) is 6.92 Å². The number of nitrogens with one attached hydrogen (secondary N) is 2. The third kappa shape index (κ3) is 5.51. The van der Waals surface area contributed by atoms with Crippen LogP contribution in [-0.2, 0) is 13.0 Å². The Morgan fingerprint density at radius 1 is 1.06 bits per heavy atom. The van der Waals surface area contributed by atoms with Crippen molar-refractivity contribution in [3.05, 3.63) is 94.6 Å². The molecule has 3 atom stereocenters. The molecule has 3 N–H and O–H groups in total. The lowest BCUT2D eigenvalue weighted by atomic mass is 10.0. The highest BCUT2D eigenvalue weighted by Crippen LogP contribution is 2.39. The molecule has 6 nitrogen and oxygen atoms in total. The van der Waals surface area contributed by atoms with Crippen molar-refractivity contribution in [3.63, 3.8) is 0 Å². The van der Waals surface area contributed by atoms with E-state index in [1.54, 1.807) is 0 Å². The van der Waals surface area contributed by atoms with Crippen LogP contribution in [-0.4, -0.2) is 33.1 Å². The average molecular weight is 457 g/mol. The second-order valence-corrected chi connectivity index (χ2v) is 9.61. The van der Waals surface area contributed by atoms with Gasteiger partial charge >= 0.3 is 0 Å². The van der Waals surface area contributed by atoms with E-state index in [9.17, 15) is 9.90 Å². The number of amides is 1. The van der Waals surface area contributed by atoms with E-state index < -0.39 is 6.10 Å². The van der Waals surface area contributed by atoms with E-state index >= 15 is 0 Å². The number of aliphatic hydroxyl groups is 1. The zero-order chi connectivity index (χ0) is 23.5. The molecular weight excluding hydrogens is 424 g/mol. The lowest BCUT2D eigenvalue weighted by molar-refractivity contribution is 0.0949. The van der Waals surface area contributed by atoms with Crippen LogP contribution in [0.2, 0.25) is 0 Å². The molecule has 176 valence electrons. The SMILES string of the molecule is Cc1cc(C2CC2)nc(CNC(=O)c2ccc(C[C@@H]3CC[C@H]([C@H](O)c4ccccc4)N3)cc2)n1. The highest BCUT2D eigenvalue weighted by Gasteiger charge is 2.30. The third-order valence-electron chi connectivity index (χ3n) is 6.82. The Hall–Kier alpha value is -3.09. The number of hydrogen-bond donors (Lipinski definition) is 3. The summed E-state index contributed by atoms with van der Waals surface area (Å²) in [5.41, 5.74) is 4.82. The fourth-order valence-corrected chi connectivity index (χ4v) is 4.80. The van der Waals surface area contributed by atoms with Gasteiger partial charge in [0.25, 0.3) is 5.91 Å². The van der Waals surface area contributed by atoms with Gasteiger partial charge in [-0.05, 0) is 68.4 Å². The van der Waals surface area contributed by atoms with Crippen LogP contribution in [0.25, 0.3) is 0 Å². The summed E-state index contributed by atoms with van der Waals surface area (Å²) in [6.45, 7) is 2.31. The fourth-order valence-electron chi connectivity index (χ4n) is 4.80. The summed E-state index contributed by atoms with van der Waals surface area (Å²) in [5.74, 6) is 1.12. The highest BCUT2D eigenvalue weighted by molar-refractivity contribution is 5.94. The molecule has 5 rings (SSSR count). The molecule has 1 aliphatic heterocycles. The largest absolute Gasteiger partial charge is 0.387 e. The first-order valence-corrected chi connectivity index (χ1v) is 12.3. The van der Waals surface area contributed by atoms with Crippen LogP contribution in [0.1, 0.15) is 76.4 Å². The van der Waals surface area contributed by atoms with E-state index in [0.29, 0.717) is 29.9 Å². The standard InChI is InChI=1S/C28H32N4O2/c1-18-15-25(20-11-12-20)32-26(30-18)17-29-28(34)22-9-7-19(8-10-22)16-23-13-14-24(31-23)27(33)21-5-3-2-4-6-21/h2-10,15,20,23-24,27,31,33H,11-14,16-17H2,1H3,(H,29,34)/t23-,24+,27+/m0/s1. The average Bonchev–Trinajstić information content (AvgIpc) is 3.62. The van der Waals surface area contributed by atoms with E-state index in [0.717, 1.165) is 36.2 Å². The fraction of sp³-hybridized carbons (Fsp3) is 0.393. The minimum atomic E-state index is -0.491. The van der Waals surface area contributed by atoms with Gasteiger partial charge in [-0.2, -0.15) is 0 Å². The van der Waals surface area contributed by atoms with Crippen molar-refractivity contribution in [2.45, 2.75) is 69.7 Å². The molecule has 3 aromatic rings. The Labute approximate surface area is 200 Å². The van der Waals surface area contributed by atoms with Gasteiger partial charge in [-0.25, -0.2) is 9.97 Å². The Kier molecular flexibility index (Phi) is 6.70. The number of rotatable bonds is 8. The molecule has 0 bridgehead atoms. The smallest absolute Gasteiger partial charge is 0.251 e. The molecule has 1 saturated heterocycles. The van der Waals surface area contributed by atoms with Crippen LogP contribution in [0.4, 0.5) is 0 Å². The topological polar surface area (TPSA) is 87.1 Å². The lowest BCUT2D eigenvalue weighted by Crippen LogP contribution is -2.35. The predicted octanol–water partition coefficient (Wildman–Crippen LogP) is 3.99. The highest BCUT2D eigenvalue weighted by atomic mass is 16.3. The van der Waals surface area contributed by atoms with Crippen molar-refractivity contribution < 1.29 is 9.90 Å². The van der Waals surface area contributed by atoms with Crippen LogP contribution < -0.4 is 10.6 Å². The van der Waals surface area contributed by atoms with E-state index in [-0.39, 0.29) is 11.9 Å². The monoisotopic (exact) mass is 456 g/mol. The summed E-state index contributed by atoms with van der Waals surface area (Å²) in [6.07, 6.45) is 4.75. The molecular formula is C28H32N4O2. The summed E-state index contributed by atoms with van der Waals surface area (Å²) in [7, 11) is 0. The first kappa shape index (κ1) is 22.7. The molecule has 2 fully saturated rings. The lowest BCUT2D eigenvalue weighted by Gasteiger charge is -2.20. The number of hydrogen-bond acceptors (Lipinski definition) is 5. The molecule has 2 aromatic carbocycles. The van der Waals surface area contributed by atoms with Crippen LogP contribution in [0.3, 0.4) is 0 Å². The van der Waals surface area contributed by atoms with Gasteiger partial charge in [-0.1, -0.05) is 42.5 Å². The molecule has 0 spiro atoms. The number of benzene rings is 2. The Balaban J connectivity index is 1.12. The second-order valence-electron chi connectivity index (χ2n) is 9.61. The minimum Gasteiger partial charge on any atom is -0.387 e. The third-order valence-corrected chi connectivity index (χ3v) is 6.82. The van der Waals surface area contributed by atoms with Gasteiger partial charge in [0.15, 0.2) is 0 Å². The number of nitrogens with zero attached hydrogens (tertiary/aromatic N) is 2. The van der Waals surface area contributed by atoms with Crippen molar-refractivity contribution in [1.29, 1.82) is 0 Å². The van der Waals surface area contributed by atoms with Gasteiger partial charge in [0.2, 0.25) is 0 Å². The molecule has 1 saturated carbocycles. The number of carbonyl (C=O) groups is 1. The molecule has 1 aliphatic carbocycles. The van der Waals surface area contributed by atoms with Gasteiger partial charge in [-0.3, -0.25) is 4.79 Å². The maximum absolute atomic E-state index is 12.6. The van der Waals surface area contributed by atoms with Crippen molar-refractivity contribution in [1.82, 2.24) is 20.6 Å². The Morgan fingerprint density at radius 2 is 1.82 bits per heavy atom. The summed E-state index contributed by atoms with van der Waals surface area (Å²) < 4.78 is 0. The maximum atomic E-state index is 12.6. The normalized spacial score (nSPS) is 20.8. The van der Waals surface area contributed by atoms with E-state index in [4.69, 9.17) is 0 Å². The number of aliphatic hydroxyl groups excluding tert-OH is 1. The predicted molar refractivity (Wildman–Crippen MR) is 131 cm³/mol. The Morgan fingerprint density at radius 3 is 2.56 bits per heavy atom. The van der Waals surface area contributed by atoms with Gasteiger partial charge < -0.3 is 15.7 Å². The number of carbonyl (C=O) groups excluding carboxylic acids is 1. The van der Waals surface area contributed by atoms with Crippen LogP contribution in [0.5, 0.6) is 0 Å². The summed E-state index contributed by atoms with van der Waals surface area (Å²) in [5, 5.41) is 17.2. The van der Waals surface area contributed by atoms with Crippen molar-refractivity contribution >= 4 is 5.91 Å². The zero-order valence-electron chi connectivity index (χ0n) is 19.6. The molecule has 34 heavy (non-hydrogen) atoms. The molecule has 2 heterocycles. The summed E-state index contributed by atoms with van der Waals surface area (Å²) in [4.78, 5) is 21.7. The first-order valence-electron chi connectivity index (χ1n) is 12.3. The van der Waals surface area contributed by atoms with E-state index in [1.807, 2.05) is 67.6 Å². The second kappa shape index (κ2) is 10.0. The van der Waals surface area contributed by atoms with Gasteiger partial charge in [0.05, 0.1) is 12.6 Å². The quantitative estimate of drug-likeness (QED) is 0.477. The summed E-state index contributed by atoms with van der Waals surface area (Å²) in [6, 6.07) is 20.1. The van der Waals surface area contributed by atoms with Crippen molar-refractivity contribution in [3.8, 4) is 0 Å². The van der Waals surface area contributed by atoms with E-state index in [2.05, 4.69) is 20.6 Å².